The molecule has 0 saturated heterocycles. The number of thiophene rings is 1. The molecule has 2 amide bonds. The average Bonchev–Trinajstić information content (AvgIpc) is 3.05. The summed E-state index contributed by atoms with van der Waals surface area (Å²) in [6.45, 7) is 2.57. The molecule has 2 aromatic rings. The predicted octanol–water partition coefficient (Wildman–Crippen LogP) is 2.86. The molecule has 2 atom stereocenters. The van der Waals surface area contributed by atoms with Crippen molar-refractivity contribution in [2.75, 3.05) is 20.6 Å². The van der Waals surface area contributed by atoms with Gasteiger partial charge in [0.1, 0.15) is 5.75 Å². The minimum absolute atomic E-state index is 0.0875. The van der Waals surface area contributed by atoms with E-state index in [1.54, 1.807) is 23.5 Å². The van der Waals surface area contributed by atoms with Gasteiger partial charge < -0.3 is 20.6 Å². The van der Waals surface area contributed by atoms with Crippen LogP contribution in [0, 0.1) is 0 Å². The highest BCUT2D eigenvalue weighted by Crippen LogP contribution is 2.12. The number of hydrogen-bond acceptors (Lipinski definition) is 4. The van der Waals surface area contributed by atoms with Crippen molar-refractivity contribution >= 4 is 17.4 Å². The third-order valence-electron chi connectivity index (χ3n) is 4.14. The van der Waals surface area contributed by atoms with Crippen LogP contribution in [-0.2, 0) is 12.8 Å². The maximum absolute atomic E-state index is 12.1. The number of rotatable bonds is 8. The SMILES string of the molecule is C[C@H](Cc1ccsc1)NC(=O)NC[C@H](Cc1ccc(O)cc1)N(C)C. The molecule has 1 heterocycles. The van der Waals surface area contributed by atoms with Crippen molar-refractivity contribution in [1.82, 2.24) is 15.5 Å². The molecule has 0 fully saturated rings. The van der Waals surface area contributed by atoms with Crippen LogP contribution in [0.2, 0.25) is 0 Å². The summed E-state index contributed by atoms with van der Waals surface area (Å²) in [4.78, 5) is 14.2. The van der Waals surface area contributed by atoms with E-state index in [-0.39, 0.29) is 23.9 Å². The van der Waals surface area contributed by atoms with Crippen LogP contribution in [0.3, 0.4) is 0 Å². The zero-order valence-corrected chi connectivity index (χ0v) is 15.8. The lowest BCUT2D eigenvalue weighted by molar-refractivity contribution is 0.229. The Hall–Kier alpha value is -2.05. The van der Waals surface area contributed by atoms with Crippen LogP contribution in [-0.4, -0.2) is 48.8 Å². The van der Waals surface area contributed by atoms with E-state index in [1.165, 1.54) is 5.56 Å². The molecule has 0 saturated carbocycles. The number of carbonyl (C=O) groups is 1. The first-order valence-electron chi connectivity index (χ1n) is 8.44. The Labute approximate surface area is 153 Å². The second-order valence-electron chi connectivity index (χ2n) is 6.58. The Balaban J connectivity index is 1.79. The largest absolute Gasteiger partial charge is 0.508 e. The van der Waals surface area contributed by atoms with Gasteiger partial charge in [-0.3, -0.25) is 0 Å². The van der Waals surface area contributed by atoms with Crippen molar-refractivity contribution in [3.63, 3.8) is 0 Å². The molecule has 0 aliphatic rings. The van der Waals surface area contributed by atoms with Crippen LogP contribution in [0.1, 0.15) is 18.1 Å². The quantitative estimate of drug-likeness (QED) is 0.677. The van der Waals surface area contributed by atoms with Gasteiger partial charge in [0.05, 0.1) is 0 Å². The first kappa shape index (κ1) is 19.3. The highest BCUT2D eigenvalue weighted by atomic mass is 32.1. The van der Waals surface area contributed by atoms with Gasteiger partial charge in [-0.1, -0.05) is 12.1 Å². The molecule has 0 spiro atoms. The average molecular weight is 362 g/mol. The Morgan fingerprint density at radius 2 is 1.88 bits per heavy atom. The zero-order chi connectivity index (χ0) is 18.2. The van der Waals surface area contributed by atoms with E-state index in [2.05, 4.69) is 27.0 Å². The van der Waals surface area contributed by atoms with Gasteiger partial charge in [-0.05, 0) is 73.9 Å². The van der Waals surface area contributed by atoms with Crippen LogP contribution >= 0.6 is 11.3 Å². The molecule has 0 radical (unpaired) electrons. The van der Waals surface area contributed by atoms with E-state index in [9.17, 15) is 9.90 Å². The summed E-state index contributed by atoms with van der Waals surface area (Å²) >= 11 is 1.67. The van der Waals surface area contributed by atoms with E-state index in [4.69, 9.17) is 0 Å². The fourth-order valence-corrected chi connectivity index (χ4v) is 3.32. The van der Waals surface area contributed by atoms with Crippen molar-refractivity contribution in [1.29, 1.82) is 0 Å². The van der Waals surface area contributed by atoms with Gasteiger partial charge in [0.15, 0.2) is 0 Å². The van der Waals surface area contributed by atoms with E-state index in [0.29, 0.717) is 6.54 Å². The van der Waals surface area contributed by atoms with Crippen molar-refractivity contribution < 1.29 is 9.90 Å². The monoisotopic (exact) mass is 361 g/mol. The topological polar surface area (TPSA) is 64.6 Å². The summed E-state index contributed by atoms with van der Waals surface area (Å²) in [6.07, 6.45) is 1.64. The smallest absolute Gasteiger partial charge is 0.315 e. The van der Waals surface area contributed by atoms with Crippen LogP contribution in [0.25, 0.3) is 0 Å². The summed E-state index contributed by atoms with van der Waals surface area (Å²) in [7, 11) is 4.01. The first-order valence-corrected chi connectivity index (χ1v) is 9.38. The lowest BCUT2D eigenvalue weighted by atomic mass is 10.0. The molecule has 0 aliphatic heterocycles. The minimum atomic E-state index is -0.139. The molecule has 2 rings (SSSR count). The summed E-state index contributed by atoms with van der Waals surface area (Å²) < 4.78 is 0. The number of phenols is 1. The third-order valence-corrected chi connectivity index (χ3v) is 4.87. The number of carbonyl (C=O) groups excluding carboxylic acids is 1. The van der Waals surface area contributed by atoms with Gasteiger partial charge in [-0.15, -0.1) is 0 Å². The van der Waals surface area contributed by atoms with E-state index >= 15 is 0 Å². The number of aromatic hydroxyl groups is 1. The number of nitrogens with zero attached hydrogens (tertiary/aromatic N) is 1. The number of hydrogen-bond donors (Lipinski definition) is 3. The Bertz CT molecular complexity index is 641. The van der Waals surface area contributed by atoms with Crippen molar-refractivity contribution in [2.45, 2.75) is 31.8 Å². The van der Waals surface area contributed by atoms with Gasteiger partial charge in [0.2, 0.25) is 0 Å². The molecule has 0 bridgehead atoms. The molecule has 6 heteroatoms. The predicted molar refractivity (Wildman–Crippen MR) is 103 cm³/mol. The van der Waals surface area contributed by atoms with Crippen LogP contribution < -0.4 is 10.6 Å². The van der Waals surface area contributed by atoms with Gasteiger partial charge in [0.25, 0.3) is 0 Å². The molecular weight excluding hydrogens is 334 g/mol. The number of amides is 2. The first-order chi connectivity index (χ1) is 11.9. The molecule has 0 unspecified atom stereocenters. The second-order valence-corrected chi connectivity index (χ2v) is 7.36. The molecule has 1 aromatic carbocycles. The Kier molecular flexibility index (Phi) is 7.28. The number of benzene rings is 1. The van der Waals surface area contributed by atoms with Crippen molar-refractivity contribution in [2.24, 2.45) is 0 Å². The molecule has 5 nitrogen and oxygen atoms in total. The molecule has 3 N–H and O–H groups in total. The standard InChI is InChI=1S/C19H27N3O2S/c1-14(10-16-8-9-25-13-16)21-19(24)20-12-17(22(2)3)11-15-4-6-18(23)7-5-15/h4-9,13-14,17,23H,10-12H2,1-3H3,(H2,20,21,24)/t14-,17+/m1/s1. The van der Waals surface area contributed by atoms with Crippen LogP contribution in [0.5, 0.6) is 5.75 Å². The fourth-order valence-electron chi connectivity index (χ4n) is 2.64. The van der Waals surface area contributed by atoms with E-state index in [1.807, 2.05) is 38.5 Å². The summed E-state index contributed by atoms with van der Waals surface area (Å²) in [6, 6.07) is 9.42. The molecule has 136 valence electrons. The molecule has 0 aliphatic carbocycles. The van der Waals surface area contributed by atoms with E-state index in [0.717, 1.165) is 18.4 Å². The fraction of sp³-hybridized carbons (Fsp3) is 0.421. The van der Waals surface area contributed by atoms with Crippen molar-refractivity contribution in [3.8, 4) is 5.75 Å². The normalized spacial score (nSPS) is 13.4. The number of phenolic OH excluding ortho intramolecular Hbond substituents is 1. The molecular formula is C19H27N3O2S. The Morgan fingerprint density at radius 1 is 1.16 bits per heavy atom. The van der Waals surface area contributed by atoms with Gasteiger partial charge >= 0.3 is 6.03 Å². The lowest BCUT2D eigenvalue weighted by Gasteiger charge is -2.25. The second kappa shape index (κ2) is 9.44. The highest BCUT2D eigenvalue weighted by Gasteiger charge is 2.15. The maximum atomic E-state index is 12.1. The van der Waals surface area contributed by atoms with E-state index < -0.39 is 0 Å². The van der Waals surface area contributed by atoms with Gasteiger partial charge in [-0.2, -0.15) is 11.3 Å². The van der Waals surface area contributed by atoms with Gasteiger partial charge in [-0.25, -0.2) is 4.79 Å². The van der Waals surface area contributed by atoms with Crippen molar-refractivity contribution in [3.05, 3.63) is 52.2 Å². The number of urea groups is 1. The third kappa shape index (κ3) is 6.76. The highest BCUT2D eigenvalue weighted by molar-refractivity contribution is 7.07. The zero-order valence-electron chi connectivity index (χ0n) is 15.0. The summed E-state index contributed by atoms with van der Waals surface area (Å²) in [5, 5.41) is 19.5. The molecule has 25 heavy (non-hydrogen) atoms. The Morgan fingerprint density at radius 3 is 2.48 bits per heavy atom. The lowest BCUT2D eigenvalue weighted by Crippen LogP contribution is -2.47. The summed E-state index contributed by atoms with van der Waals surface area (Å²) in [5.41, 5.74) is 2.38. The number of likely N-dealkylation sites (N-methyl/N-ethyl adjacent to an activating group) is 1. The van der Waals surface area contributed by atoms with Gasteiger partial charge in [0, 0.05) is 18.6 Å². The maximum Gasteiger partial charge on any atom is 0.315 e. The van der Waals surface area contributed by atoms with Crippen LogP contribution in [0.15, 0.2) is 41.1 Å². The summed E-state index contributed by atoms with van der Waals surface area (Å²) in [5.74, 6) is 0.266. The minimum Gasteiger partial charge on any atom is -0.508 e. The number of nitrogens with one attached hydrogen (secondary N) is 2. The van der Waals surface area contributed by atoms with Crippen LogP contribution in [0.4, 0.5) is 4.79 Å². The molecule has 1 aromatic heterocycles.